The zero-order valence-electron chi connectivity index (χ0n) is 12.7. The highest BCUT2D eigenvalue weighted by atomic mass is 32.1. The van der Waals surface area contributed by atoms with Crippen molar-refractivity contribution in [3.8, 4) is 0 Å². The van der Waals surface area contributed by atoms with Gasteiger partial charge in [-0.2, -0.15) is 0 Å². The Morgan fingerprint density at radius 3 is 2.65 bits per heavy atom. The van der Waals surface area contributed by atoms with E-state index in [1.807, 2.05) is 41.8 Å². The molecule has 0 aliphatic heterocycles. The first kappa shape index (κ1) is 15.8. The standard InChI is InChI=1S/C19H16O2S2/c1-2-21-19(20)18-15(13-7-4-3-5-8-13)11-14(12-16(18)22)17-9-6-10-23-17/h3-11H,2,12H2,1H3. The minimum absolute atomic E-state index is 0.335. The third-order valence-electron chi connectivity index (χ3n) is 3.62. The summed E-state index contributed by atoms with van der Waals surface area (Å²) in [4.78, 5) is 14.2. The molecule has 0 atom stereocenters. The quantitative estimate of drug-likeness (QED) is 0.583. The topological polar surface area (TPSA) is 26.3 Å². The number of carbonyl (C=O) groups is 1. The van der Waals surface area contributed by atoms with Gasteiger partial charge in [-0.15, -0.1) is 11.3 Å². The van der Waals surface area contributed by atoms with Crippen molar-refractivity contribution in [3.05, 3.63) is 69.9 Å². The molecule has 0 saturated carbocycles. The smallest absolute Gasteiger partial charge is 0.339 e. The second-order valence-electron chi connectivity index (χ2n) is 5.12. The number of esters is 1. The van der Waals surface area contributed by atoms with E-state index in [4.69, 9.17) is 17.0 Å². The molecule has 0 amide bonds. The molecule has 1 aromatic carbocycles. The molecule has 0 unspecified atom stereocenters. The van der Waals surface area contributed by atoms with Gasteiger partial charge >= 0.3 is 5.97 Å². The van der Waals surface area contributed by atoms with Crippen LogP contribution in [-0.4, -0.2) is 17.4 Å². The van der Waals surface area contributed by atoms with Crippen molar-refractivity contribution < 1.29 is 9.53 Å². The first-order valence-electron chi connectivity index (χ1n) is 7.45. The average Bonchev–Trinajstić information content (AvgIpc) is 3.09. The highest BCUT2D eigenvalue weighted by molar-refractivity contribution is 7.81. The summed E-state index contributed by atoms with van der Waals surface area (Å²) in [5.74, 6) is -0.335. The van der Waals surface area contributed by atoms with Crippen molar-refractivity contribution in [1.29, 1.82) is 0 Å². The fourth-order valence-corrected chi connectivity index (χ4v) is 3.69. The van der Waals surface area contributed by atoms with E-state index in [0.29, 0.717) is 23.5 Å². The molecular weight excluding hydrogens is 324 g/mol. The summed E-state index contributed by atoms with van der Waals surface area (Å²) >= 11 is 7.23. The fraction of sp³-hybridized carbons (Fsp3) is 0.158. The van der Waals surface area contributed by atoms with Crippen LogP contribution in [0.15, 0.2) is 59.5 Å². The Hall–Kier alpha value is -2.04. The van der Waals surface area contributed by atoms with Gasteiger partial charge in [0.05, 0.1) is 12.2 Å². The molecule has 3 rings (SSSR count). The van der Waals surface area contributed by atoms with E-state index in [2.05, 4.69) is 12.1 Å². The average molecular weight is 340 g/mol. The van der Waals surface area contributed by atoms with Crippen LogP contribution in [-0.2, 0) is 9.53 Å². The Balaban J connectivity index is 2.15. The minimum Gasteiger partial charge on any atom is -0.462 e. The molecular formula is C19H16O2S2. The van der Waals surface area contributed by atoms with Gasteiger partial charge in [0, 0.05) is 16.2 Å². The predicted octanol–water partition coefficient (Wildman–Crippen LogP) is 4.92. The molecule has 1 heterocycles. The van der Waals surface area contributed by atoms with Crippen LogP contribution in [0, 0.1) is 0 Å². The van der Waals surface area contributed by atoms with Gasteiger partial charge in [0.15, 0.2) is 0 Å². The van der Waals surface area contributed by atoms with Crippen LogP contribution < -0.4 is 0 Å². The number of carbonyl (C=O) groups excluding carboxylic acids is 1. The molecule has 2 nitrogen and oxygen atoms in total. The van der Waals surface area contributed by atoms with Gasteiger partial charge in [-0.05, 0) is 41.2 Å². The van der Waals surface area contributed by atoms with Gasteiger partial charge in [0.2, 0.25) is 0 Å². The van der Waals surface area contributed by atoms with E-state index in [1.54, 1.807) is 18.3 Å². The van der Waals surface area contributed by atoms with E-state index in [1.165, 1.54) is 4.88 Å². The zero-order valence-corrected chi connectivity index (χ0v) is 14.4. The molecule has 1 aliphatic carbocycles. The number of benzene rings is 1. The summed E-state index contributed by atoms with van der Waals surface area (Å²) in [6.07, 6.45) is 2.67. The van der Waals surface area contributed by atoms with Crippen molar-refractivity contribution in [2.45, 2.75) is 13.3 Å². The van der Waals surface area contributed by atoms with Gasteiger partial charge < -0.3 is 4.74 Å². The normalized spacial score (nSPS) is 14.7. The van der Waals surface area contributed by atoms with Crippen LogP contribution in [0.25, 0.3) is 11.1 Å². The number of allylic oxidation sites excluding steroid dienone is 3. The van der Waals surface area contributed by atoms with Crippen molar-refractivity contribution in [2.24, 2.45) is 0 Å². The van der Waals surface area contributed by atoms with Crippen LogP contribution in [0.1, 0.15) is 23.8 Å². The molecule has 4 heteroatoms. The second kappa shape index (κ2) is 7.02. The first-order chi connectivity index (χ1) is 11.2. The largest absolute Gasteiger partial charge is 0.462 e. The Bertz CT molecular complexity index is 784. The third kappa shape index (κ3) is 3.33. The molecule has 116 valence electrons. The van der Waals surface area contributed by atoms with E-state index in [9.17, 15) is 4.79 Å². The third-order valence-corrected chi connectivity index (χ3v) is 4.91. The number of thiocarbonyl (C=S) groups is 1. The molecule has 1 aromatic heterocycles. The second-order valence-corrected chi connectivity index (χ2v) is 6.56. The highest BCUT2D eigenvalue weighted by Gasteiger charge is 2.26. The van der Waals surface area contributed by atoms with Crippen LogP contribution >= 0.6 is 23.6 Å². The lowest BCUT2D eigenvalue weighted by atomic mass is 9.87. The molecule has 0 N–H and O–H groups in total. The van der Waals surface area contributed by atoms with E-state index in [-0.39, 0.29) is 5.97 Å². The minimum atomic E-state index is -0.335. The van der Waals surface area contributed by atoms with Gasteiger partial charge in [0.1, 0.15) is 0 Å². The van der Waals surface area contributed by atoms with Crippen LogP contribution in [0.3, 0.4) is 0 Å². The summed E-state index contributed by atoms with van der Waals surface area (Å²) in [7, 11) is 0. The number of hydrogen-bond donors (Lipinski definition) is 0. The molecule has 1 aliphatic rings. The van der Waals surface area contributed by atoms with Crippen molar-refractivity contribution >= 4 is 45.5 Å². The van der Waals surface area contributed by atoms with Gasteiger partial charge in [-0.1, -0.05) is 48.6 Å². The molecule has 0 radical (unpaired) electrons. The summed E-state index contributed by atoms with van der Waals surface area (Å²) in [5, 5.41) is 2.05. The SMILES string of the molecule is CCOC(=O)C1=C(c2ccccc2)C=C(c2cccs2)CC1=S. The lowest BCUT2D eigenvalue weighted by Crippen LogP contribution is -2.19. The first-order valence-corrected chi connectivity index (χ1v) is 8.74. The Kier molecular flexibility index (Phi) is 4.84. The predicted molar refractivity (Wildman–Crippen MR) is 99.5 cm³/mol. The molecule has 2 aromatic rings. The Morgan fingerprint density at radius 2 is 2.00 bits per heavy atom. The maximum absolute atomic E-state index is 12.4. The number of thiophene rings is 1. The number of ether oxygens (including phenoxy) is 1. The summed E-state index contributed by atoms with van der Waals surface area (Å²) < 4.78 is 5.22. The highest BCUT2D eigenvalue weighted by Crippen LogP contribution is 2.36. The van der Waals surface area contributed by atoms with Gasteiger partial charge in [0.25, 0.3) is 0 Å². The van der Waals surface area contributed by atoms with E-state index >= 15 is 0 Å². The van der Waals surface area contributed by atoms with Crippen LogP contribution in [0.4, 0.5) is 0 Å². The van der Waals surface area contributed by atoms with Crippen molar-refractivity contribution in [1.82, 2.24) is 0 Å². The van der Waals surface area contributed by atoms with Crippen molar-refractivity contribution in [2.75, 3.05) is 6.61 Å². The van der Waals surface area contributed by atoms with Crippen LogP contribution in [0.5, 0.6) is 0 Å². The Labute approximate surface area is 145 Å². The monoisotopic (exact) mass is 340 g/mol. The number of hydrogen-bond acceptors (Lipinski definition) is 4. The van der Waals surface area contributed by atoms with Crippen LogP contribution in [0.2, 0.25) is 0 Å². The molecule has 0 saturated heterocycles. The summed E-state index contributed by atoms with van der Waals surface area (Å²) in [6.45, 7) is 2.15. The number of rotatable bonds is 4. The lowest BCUT2D eigenvalue weighted by Gasteiger charge is -2.20. The molecule has 23 heavy (non-hydrogen) atoms. The molecule has 0 spiro atoms. The van der Waals surface area contributed by atoms with Gasteiger partial charge in [-0.25, -0.2) is 4.79 Å². The van der Waals surface area contributed by atoms with E-state index in [0.717, 1.165) is 16.7 Å². The zero-order chi connectivity index (χ0) is 16.2. The lowest BCUT2D eigenvalue weighted by molar-refractivity contribution is -0.137. The summed E-state index contributed by atoms with van der Waals surface area (Å²) in [5.41, 5.74) is 3.50. The Morgan fingerprint density at radius 1 is 1.22 bits per heavy atom. The van der Waals surface area contributed by atoms with Gasteiger partial charge in [-0.3, -0.25) is 0 Å². The molecule has 0 fully saturated rings. The maximum atomic E-state index is 12.4. The fourth-order valence-electron chi connectivity index (χ4n) is 2.60. The van der Waals surface area contributed by atoms with E-state index < -0.39 is 0 Å². The maximum Gasteiger partial charge on any atom is 0.339 e. The van der Waals surface area contributed by atoms with Crippen molar-refractivity contribution in [3.63, 3.8) is 0 Å². The molecule has 0 bridgehead atoms. The summed E-state index contributed by atoms with van der Waals surface area (Å²) in [6, 6.07) is 14.0.